The van der Waals surface area contributed by atoms with E-state index in [1.165, 1.54) is 4.80 Å². The van der Waals surface area contributed by atoms with Crippen LogP contribution in [-0.4, -0.2) is 26.1 Å². The number of amides is 1. The van der Waals surface area contributed by atoms with Crippen molar-refractivity contribution in [1.82, 2.24) is 20.2 Å². The maximum Gasteiger partial charge on any atom is 0.248 e. The van der Waals surface area contributed by atoms with Crippen LogP contribution in [0, 0.1) is 0 Å². The zero-order valence-electron chi connectivity index (χ0n) is 12.6. The second-order valence-corrected chi connectivity index (χ2v) is 6.05. The Labute approximate surface area is 141 Å². The molecule has 0 atom stereocenters. The van der Waals surface area contributed by atoms with E-state index in [1.807, 2.05) is 59.3 Å². The predicted octanol–water partition coefficient (Wildman–Crippen LogP) is 3.19. The van der Waals surface area contributed by atoms with E-state index in [9.17, 15) is 4.79 Å². The Bertz CT molecular complexity index is 993. The molecule has 0 unspecified atom stereocenters. The van der Waals surface area contributed by atoms with Crippen molar-refractivity contribution in [2.45, 2.75) is 6.54 Å². The van der Waals surface area contributed by atoms with Gasteiger partial charge in [-0.05, 0) is 39.6 Å². The summed E-state index contributed by atoms with van der Waals surface area (Å²) in [6.07, 6.45) is 0. The summed E-state index contributed by atoms with van der Waals surface area (Å²) < 4.78 is 0. The molecule has 4 aromatic rings. The number of hydrogen-bond donors (Lipinski definition) is 1. The summed E-state index contributed by atoms with van der Waals surface area (Å²) in [6.45, 7) is 0.0178. The Morgan fingerprint density at radius 2 is 2.00 bits per heavy atom. The van der Waals surface area contributed by atoms with Crippen molar-refractivity contribution in [1.29, 1.82) is 0 Å². The summed E-state index contributed by atoms with van der Waals surface area (Å²) in [4.78, 5) is 13.5. The van der Waals surface area contributed by atoms with Gasteiger partial charge in [-0.3, -0.25) is 4.79 Å². The van der Waals surface area contributed by atoms with Gasteiger partial charge in [-0.15, -0.1) is 10.2 Å². The molecule has 0 saturated carbocycles. The molecule has 0 spiro atoms. The fourth-order valence-corrected chi connectivity index (χ4v) is 3.05. The molecule has 0 bridgehead atoms. The number of hydrogen-bond acceptors (Lipinski definition) is 5. The lowest BCUT2D eigenvalue weighted by Gasteiger charge is -2.06. The van der Waals surface area contributed by atoms with E-state index in [0.29, 0.717) is 5.82 Å². The summed E-state index contributed by atoms with van der Waals surface area (Å²) >= 11 is 1.56. The Morgan fingerprint density at radius 3 is 2.83 bits per heavy atom. The van der Waals surface area contributed by atoms with Crippen LogP contribution in [0.1, 0.15) is 0 Å². The number of anilines is 1. The van der Waals surface area contributed by atoms with E-state index < -0.39 is 0 Å². The highest BCUT2D eigenvalue weighted by molar-refractivity contribution is 7.08. The van der Waals surface area contributed by atoms with Crippen molar-refractivity contribution in [2.75, 3.05) is 5.32 Å². The number of nitrogens with one attached hydrogen (secondary N) is 1. The van der Waals surface area contributed by atoms with Gasteiger partial charge < -0.3 is 5.32 Å². The maximum atomic E-state index is 12.2. The van der Waals surface area contributed by atoms with Crippen molar-refractivity contribution in [3.63, 3.8) is 0 Å². The molecule has 118 valence electrons. The largest absolute Gasteiger partial charge is 0.324 e. The van der Waals surface area contributed by atoms with Crippen molar-refractivity contribution in [3.8, 4) is 11.4 Å². The van der Waals surface area contributed by atoms with Crippen molar-refractivity contribution in [3.05, 3.63) is 59.3 Å². The quantitative estimate of drug-likeness (QED) is 0.621. The predicted molar refractivity (Wildman–Crippen MR) is 93.7 cm³/mol. The van der Waals surface area contributed by atoms with E-state index >= 15 is 0 Å². The van der Waals surface area contributed by atoms with E-state index in [-0.39, 0.29) is 12.5 Å². The lowest BCUT2D eigenvalue weighted by molar-refractivity contribution is -0.117. The second kappa shape index (κ2) is 6.21. The third kappa shape index (κ3) is 3.02. The van der Waals surface area contributed by atoms with Crippen LogP contribution in [-0.2, 0) is 11.3 Å². The summed E-state index contributed by atoms with van der Waals surface area (Å²) in [6, 6.07) is 15.7. The van der Waals surface area contributed by atoms with Gasteiger partial charge in [0.1, 0.15) is 6.54 Å². The van der Waals surface area contributed by atoms with Gasteiger partial charge in [-0.25, -0.2) is 0 Å². The first-order valence-electron chi connectivity index (χ1n) is 7.37. The summed E-state index contributed by atoms with van der Waals surface area (Å²) in [5.41, 5.74) is 1.65. The summed E-state index contributed by atoms with van der Waals surface area (Å²) in [5.74, 6) is 0.328. The topological polar surface area (TPSA) is 72.7 Å². The number of thiophene rings is 1. The molecule has 0 aliphatic heterocycles. The number of nitrogens with zero attached hydrogens (tertiary/aromatic N) is 4. The minimum absolute atomic E-state index is 0.0178. The molecule has 0 aliphatic rings. The highest BCUT2D eigenvalue weighted by atomic mass is 32.1. The van der Waals surface area contributed by atoms with Crippen LogP contribution in [0.25, 0.3) is 22.2 Å². The number of rotatable bonds is 4. The van der Waals surface area contributed by atoms with Gasteiger partial charge in [-0.2, -0.15) is 16.1 Å². The first-order chi connectivity index (χ1) is 11.8. The molecule has 24 heavy (non-hydrogen) atoms. The summed E-state index contributed by atoms with van der Waals surface area (Å²) in [7, 11) is 0. The van der Waals surface area contributed by atoms with Crippen molar-refractivity contribution < 1.29 is 4.79 Å². The molecule has 1 amide bonds. The number of aromatic nitrogens is 4. The van der Waals surface area contributed by atoms with Crippen LogP contribution < -0.4 is 5.32 Å². The Balaban J connectivity index is 1.46. The smallest absolute Gasteiger partial charge is 0.248 e. The van der Waals surface area contributed by atoms with Gasteiger partial charge >= 0.3 is 0 Å². The number of carbonyl (C=O) groups is 1. The first-order valence-corrected chi connectivity index (χ1v) is 8.31. The highest BCUT2D eigenvalue weighted by Crippen LogP contribution is 2.19. The van der Waals surface area contributed by atoms with Crippen molar-refractivity contribution >= 4 is 33.7 Å². The number of benzene rings is 2. The van der Waals surface area contributed by atoms with E-state index in [0.717, 1.165) is 22.0 Å². The maximum absolute atomic E-state index is 12.2. The van der Waals surface area contributed by atoms with Crippen molar-refractivity contribution in [2.24, 2.45) is 0 Å². The minimum Gasteiger partial charge on any atom is -0.324 e. The SMILES string of the molecule is O=C(Cn1nnc(-c2ccsc2)n1)Nc1ccc2ccccc2c1. The molecular weight excluding hydrogens is 322 g/mol. The van der Waals surface area contributed by atoms with Crippen LogP contribution in [0.4, 0.5) is 5.69 Å². The average molecular weight is 335 g/mol. The molecule has 4 rings (SSSR count). The summed E-state index contributed by atoms with van der Waals surface area (Å²) in [5, 5.41) is 21.1. The minimum atomic E-state index is -0.195. The molecule has 7 heteroatoms. The van der Waals surface area contributed by atoms with Gasteiger partial charge in [-0.1, -0.05) is 30.3 Å². The van der Waals surface area contributed by atoms with E-state index in [2.05, 4.69) is 20.7 Å². The molecule has 1 N–H and O–H groups in total. The van der Waals surface area contributed by atoms with E-state index in [1.54, 1.807) is 11.3 Å². The Morgan fingerprint density at radius 1 is 1.12 bits per heavy atom. The van der Waals surface area contributed by atoms with E-state index in [4.69, 9.17) is 0 Å². The average Bonchev–Trinajstić information content (AvgIpc) is 3.26. The molecule has 0 radical (unpaired) electrons. The highest BCUT2D eigenvalue weighted by Gasteiger charge is 2.10. The molecule has 0 saturated heterocycles. The fraction of sp³-hybridized carbons (Fsp3) is 0.0588. The molecule has 2 aromatic heterocycles. The Hall–Kier alpha value is -3.06. The number of fused-ring (bicyclic) bond motifs is 1. The monoisotopic (exact) mass is 335 g/mol. The normalized spacial score (nSPS) is 10.8. The zero-order valence-corrected chi connectivity index (χ0v) is 13.4. The fourth-order valence-electron chi connectivity index (χ4n) is 2.41. The lowest BCUT2D eigenvalue weighted by atomic mass is 10.1. The van der Waals surface area contributed by atoms with Crippen LogP contribution in [0.3, 0.4) is 0 Å². The lowest BCUT2D eigenvalue weighted by Crippen LogP contribution is -2.20. The molecule has 2 heterocycles. The zero-order chi connectivity index (χ0) is 16.4. The van der Waals surface area contributed by atoms with Gasteiger partial charge in [0, 0.05) is 16.6 Å². The van der Waals surface area contributed by atoms with Gasteiger partial charge in [0.2, 0.25) is 11.7 Å². The van der Waals surface area contributed by atoms with Gasteiger partial charge in [0.25, 0.3) is 0 Å². The Kier molecular flexibility index (Phi) is 3.76. The first kappa shape index (κ1) is 14.5. The third-order valence-corrected chi connectivity index (χ3v) is 4.23. The number of tetrazole rings is 1. The molecule has 0 fully saturated rings. The molecule has 2 aromatic carbocycles. The van der Waals surface area contributed by atoms with Crippen LogP contribution in [0.5, 0.6) is 0 Å². The standard InChI is InChI=1S/C17H13N5OS/c23-16(10-22-20-17(19-21-22)14-7-8-24-11-14)18-15-6-5-12-3-1-2-4-13(12)9-15/h1-9,11H,10H2,(H,18,23). The molecule has 0 aliphatic carbocycles. The molecule has 6 nitrogen and oxygen atoms in total. The molecular formula is C17H13N5OS. The number of carbonyl (C=O) groups excluding carboxylic acids is 1. The third-order valence-electron chi connectivity index (χ3n) is 3.55. The van der Waals surface area contributed by atoms with Gasteiger partial charge in [0.05, 0.1) is 0 Å². The van der Waals surface area contributed by atoms with Crippen LogP contribution in [0.15, 0.2) is 59.3 Å². The second-order valence-electron chi connectivity index (χ2n) is 5.27. The van der Waals surface area contributed by atoms with Crippen LogP contribution >= 0.6 is 11.3 Å². The van der Waals surface area contributed by atoms with Crippen LogP contribution in [0.2, 0.25) is 0 Å². The van der Waals surface area contributed by atoms with Gasteiger partial charge in [0.15, 0.2) is 0 Å².